The number of nitrogens with one attached hydrogen (secondary N) is 1. The molecule has 0 spiro atoms. The molecule has 2 fully saturated rings. The second kappa shape index (κ2) is 3.54. The van der Waals surface area contributed by atoms with E-state index in [2.05, 4.69) is 19.2 Å². The number of carbonyl (C=O) groups excluding carboxylic acids is 1. The Hall–Kier alpha value is -0.570. The summed E-state index contributed by atoms with van der Waals surface area (Å²) in [6.07, 6.45) is 2.24. The van der Waals surface area contributed by atoms with Gasteiger partial charge in [-0.15, -0.1) is 0 Å². The highest BCUT2D eigenvalue weighted by Crippen LogP contribution is 2.55. The summed E-state index contributed by atoms with van der Waals surface area (Å²) in [4.78, 5) is 14.1. The van der Waals surface area contributed by atoms with Gasteiger partial charge in [-0.1, -0.05) is 13.8 Å². The Morgan fingerprint density at radius 2 is 2.14 bits per heavy atom. The summed E-state index contributed by atoms with van der Waals surface area (Å²) >= 11 is 0. The second-order valence-corrected chi connectivity index (χ2v) is 4.84. The third-order valence-corrected chi connectivity index (χ3v) is 3.89. The molecule has 80 valence electrons. The summed E-state index contributed by atoms with van der Waals surface area (Å²) in [6, 6.07) is 0. The van der Waals surface area contributed by atoms with Gasteiger partial charge in [-0.3, -0.25) is 4.79 Å². The number of amides is 1. The molecule has 2 unspecified atom stereocenters. The average molecular weight is 196 g/mol. The first-order valence-corrected chi connectivity index (χ1v) is 5.67. The van der Waals surface area contributed by atoms with Crippen molar-refractivity contribution in [3.05, 3.63) is 0 Å². The van der Waals surface area contributed by atoms with Crippen molar-refractivity contribution in [3.8, 4) is 0 Å². The number of rotatable bonds is 2. The van der Waals surface area contributed by atoms with E-state index in [1.807, 2.05) is 4.90 Å². The van der Waals surface area contributed by atoms with Crippen LogP contribution in [0, 0.1) is 11.3 Å². The molecule has 0 aromatic carbocycles. The Morgan fingerprint density at radius 3 is 2.64 bits per heavy atom. The Labute approximate surface area is 85.8 Å². The zero-order valence-electron chi connectivity index (χ0n) is 9.18. The number of carbonyl (C=O) groups is 1. The summed E-state index contributed by atoms with van der Waals surface area (Å²) in [5.41, 5.74) is 0.321. The van der Waals surface area contributed by atoms with Crippen LogP contribution in [-0.2, 0) is 4.79 Å². The van der Waals surface area contributed by atoms with E-state index >= 15 is 0 Å². The lowest BCUT2D eigenvalue weighted by Crippen LogP contribution is -2.47. The molecule has 1 saturated carbocycles. The number of nitrogens with zero attached hydrogens (tertiary/aromatic N) is 1. The Kier molecular flexibility index (Phi) is 2.52. The van der Waals surface area contributed by atoms with Gasteiger partial charge in [0.2, 0.25) is 5.91 Å². The van der Waals surface area contributed by atoms with Crippen molar-refractivity contribution in [2.45, 2.75) is 26.7 Å². The first kappa shape index (κ1) is 9.97. The van der Waals surface area contributed by atoms with Crippen LogP contribution in [0.5, 0.6) is 0 Å². The number of hydrogen-bond acceptors (Lipinski definition) is 2. The van der Waals surface area contributed by atoms with Gasteiger partial charge in [0.05, 0.1) is 0 Å². The van der Waals surface area contributed by atoms with Crippen molar-refractivity contribution in [1.29, 1.82) is 0 Å². The molecule has 1 aliphatic carbocycles. The van der Waals surface area contributed by atoms with Crippen molar-refractivity contribution < 1.29 is 4.79 Å². The van der Waals surface area contributed by atoms with Gasteiger partial charge in [0.25, 0.3) is 0 Å². The zero-order valence-corrected chi connectivity index (χ0v) is 9.18. The minimum absolute atomic E-state index is 0.321. The molecule has 1 saturated heterocycles. The summed E-state index contributed by atoms with van der Waals surface area (Å²) in [7, 11) is 0. The van der Waals surface area contributed by atoms with Crippen LogP contribution in [0.25, 0.3) is 0 Å². The summed E-state index contributed by atoms with van der Waals surface area (Å²) in [6.45, 7) is 8.13. The van der Waals surface area contributed by atoms with Crippen LogP contribution in [-0.4, -0.2) is 37.0 Å². The van der Waals surface area contributed by atoms with Crippen LogP contribution in [0.15, 0.2) is 0 Å². The third-order valence-electron chi connectivity index (χ3n) is 3.89. The van der Waals surface area contributed by atoms with Crippen molar-refractivity contribution >= 4 is 5.91 Å². The normalized spacial score (nSPS) is 37.0. The highest BCUT2D eigenvalue weighted by molar-refractivity contribution is 5.82. The van der Waals surface area contributed by atoms with Crippen molar-refractivity contribution in [2.75, 3.05) is 26.2 Å². The maximum atomic E-state index is 12.0. The fraction of sp³-hybridized carbons (Fsp3) is 0.909. The molecule has 2 rings (SSSR count). The van der Waals surface area contributed by atoms with Crippen LogP contribution < -0.4 is 5.32 Å². The molecule has 1 heterocycles. The van der Waals surface area contributed by atoms with Crippen LogP contribution in [0.2, 0.25) is 0 Å². The molecule has 1 N–H and O–H groups in total. The fourth-order valence-corrected chi connectivity index (χ4v) is 2.29. The maximum Gasteiger partial charge on any atom is 0.226 e. The van der Waals surface area contributed by atoms with E-state index in [9.17, 15) is 4.79 Å². The zero-order chi connectivity index (χ0) is 10.2. The molecule has 14 heavy (non-hydrogen) atoms. The first-order valence-electron chi connectivity index (χ1n) is 5.67. The highest BCUT2D eigenvalue weighted by atomic mass is 16.2. The predicted molar refractivity (Wildman–Crippen MR) is 56.0 cm³/mol. The monoisotopic (exact) mass is 196 g/mol. The van der Waals surface area contributed by atoms with Gasteiger partial charge in [-0.25, -0.2) is 0 Å². The van der Waals surface area contributed by atoms with Gasteiger partial charge >= 0.3 is 0 Å². The van der Waals surface area contributed by atoms with E-state index in [4.69, 9.17) is 0 Å². The van der Waals surface area contributed by atoms with Crippen LogP contribution in [0.3, 0.4) is 0 Å². The fourth-order valence-electron chi connectivity index (χ4n) is 2.29. The minimum atomic E-state index is 0.321. The molecule has 0 bridgehead atoms. The third kappa shape index (κ3) is 1.65. The van der Waals surface area contributed by atoms with Crippen LogP contribution in [0.4, 0.5) is 0 Å². The van der Waals surface area contributed by atoms with Gasteiger partial charge in [-0.2, -0.15) is 0 Å². The van der Waals surface area contributed by atoms with Gasteiger partial charge in [0, 0.05) is 32.1 Å². The second-order valence-electron chi connectivity index (χ2n) is 4.84. The molecule has 2 atom stereocenters. The summed E-state index contributed by atoms with van der Waals surface area (Å²) in [5.74, 6) is 0.724. The molecule has 0 radical (unpaired) electrons. The van der Waals surface area contributed by atoms with E-state index in [-0.39, 0.29) is 0 Å². The van der Waals surface area contributed by atoms with Crippen LogP contribution in [0.1, 0.15) is 26.7 Å². The van der Waals surface area contributed by atoms with Crippen molar-refractivity contribution in [2.24, 2.45) is 11.3 Å². The standard InChI is InChI=1S/C11H20N2O/c1-3-11(2)8-9(11)10(14)13-6-4-12-5-7-13/h9,12H,3-8H2,1-2H3. The van der Waals surface area contributed by atoms with Crippen molar-refractivity contribution in [1.82, 2.24) is 10.2 Å². The summed E-state index contributed by atoms with van der Waals surface area (Å²) in [5, 5.41) is 3.27. The van der Waals surface area contributed by atoms with Gasteiger partial charge < -0.3 is 10.2 Å². The van der Waals surface area contributed by atoms with E-state index in [1.54, 1.807) is 0 Å². The average Bonchev–Trinajstić information content (AvgIpc) is 2.92. The van der Waals surface area contributed by atoms with Crippen LogP contribution >= 0.6 is 0 Å². The quantitative estimate of drug-likeness (QED) is 0.710. The molecule has 1 amide bonds. The molecule has 3 heteroatoms. The number of hydrogen-bond donors (Lipinski definition) is 1. The van der Waals surface area contributed by atoms with Gasteiger partial charge in [-0.05, 0) is 18.3 Å². The lowest BCUT2D eigenvalue weighted by atomic mass is 10.0. The van der Waals surface area contributed by atoms with E-state index < -0.39 is 0 Å². The van der Waals surface area contributed by atoms with Crippen molar-refractivity contribution in [3.63, 3.8) is 0 Å². The molecule has 3 nitrogen and oxygen atoms in total. The SMILES string of the molecule is CCC1(C)CC1C(=O)N1CCNCC1. The molecule has 2 aliphatic rings. The highest BCUT2D eigenvalue weighted by Gasteiger charge is 2.54. The van der Waals surface area contributed by atoms with E-state index in [0.717, 1.165) is 39.0 Å². The molecule has 0 aromatic rings. The summed E-state index contributed by atoms with van der Waals surface area (Å²) < 4.78 is 0. The largest absolute Gasteiger partial charge is 0.340 e. The predicted octanol–water partition coefficient (Wildman–Crippen LogP) is 0.854. The molecule has 1 aliphatic heterocycles. The Bertz CT molecular complexity index is 229. The van der Waals surface area contributed by atoms with Gasteiger partial charge in [0.15, 0.2) is 0 Å². The number of piperazine rings is 1. The van der Waals surface area contributed by atoms with E-state index in [1.165, 1.54) is 0 Å². The molecule has 0 aromatic heterocycles. The first-order chi connectivity index (χ1) is 6.67. The topological polar surface area (TPSA) is 32.3 Å². The lowest BCUT2D eigenvalue weighted by Gasteiger charge is -2.28. The smallest absolute Gasteiger partial charge is 0.226 e. The van der Waals surface area contributed by atoms with E-state index in [0.29, 0.717) is 17.2 Å². The maximum absolute atomic E-state index is 12.0. The Balaban J connectivity index is 1.90. The molecular weight excluding hydrogens is 176 g/mol. The molecular formula is C11H20N2O. The minimum Gasteiger partial charge on any atom is -0.340 e. The van der Waals surface area contributed by atoms with Gasteiger partial charge in [0.1, 0.15) is 0 Å². The lowest BCUT2D eigenvalue weighted by molar-refractivity contribution is -0.134. The Morgan fingerprint density at radius 1 is 1.50 bits per heavy atom.